The van der Waals surface area contributed by atoms with Crippen molar-refractivity contribution in [1.82, 2.24) is 4.57 Å². The molecule has 0 bridgehead atoms. The van der Waals surface area contributed by atoms with E-state index in [2.05, 4.69) is 5.32 Å². The second-order valence-electron chi connectivity index (χ2n) is 5.66. The van der Waals surface area contributed by atoms with E-state index >= 15 is 0 Å². The summed E-state index contributed by atoms with van der Waals surface area (Å²) in [6.07, 6.45) is 0.205. The maximum Gasteiger partial charge on any atom is 0.419 e. The van der Waals surface area contributed by atoms with Gasteiger partial charge >= 0.3 is 5.76 Å². The highest BCUT2D eigenvalue weighted by Crippen LogP contribution is 2.15. The Balaban J connectivity index is 1.71. The Labute approximate surface area is 133 Å². The highest BCUT2D eigenvalue weighted by molar-refractivity contribution is 5.91. The normalized spacial score (nSPS) is 10.9. The molecule has 0 aliphatic heterocycles. The van der Waals surface area contributed by atoms with Gasteiger partial charge in [0.2, 0.25) is 5.91 Å². The van der Waals surface area contributed by atoms with Crippen molar-refractivity contribution in [3.63, 3.8) is 0 Å². The van der Waals surface area contributed by atoms with Crippen LogP contribution >= 0.6 is 0 Å². The second-order valence-corrected chi connectivity index (χ2v) is 5.66. The van der Waals surface area contributed by atoms with Gasteiger partial charge in [0.15, 0.2) is 5.58 Å². The first-order valence-electron chi connectivity index (χ1n) is 7.49. The van der Waals surface area contributed by atoms with Crippen molar-refractivity contribution < 1.29 is 9.21 Å². The topological polar surface area (TPSA) is 64.2 Å². The van der Waals surface area contributed by atoms with Gasteiger partial charge in [-0.2, -0.15) is 0 Å². The Bertz CT molecular complexity index is 901. The van der Waals surface area contributed by atoms with Gasteiger partial charge in [-0.1, -0.05) is 18.2 Å². The number of aryl methyl sites for hydroxylation is 3. The summed E-state index contributed by atoms with van der Waals surface area (Å²) in [6, 6.07) is 13.1. The third-order valence-corrected chi connectivity index (χ3v) is 3.64. The zero-order chi connectivity index (χ0) is 16.4. The quantitative estimate of drug-likeness (QED) is 0.804. The molecule has 5 nitrogen and oxygen atoms in total. The number of amides is 1. The molecular weight excluding hydrogens is 292 g/mol. The summed E-state index contributed by atoms with van der Waals surface area (Å²) >= 11 is 0. The van der Waals surface area contributed by atoms with Crippen molar-refractivity contribution >= 4 is 22.7 Å². The van der Waals surface area contributed by atoms with Crippen LogP contribution in [0.3, 0.4) is 0 Å². The second kappa shape index (κ2) is 6.12. The lowest BCUT2D eigenvalue weighted by Gasteiger charge is -2.08. The first-order chi connectivity index (χ1) is 11.0. The number of para-hydroxylation sites is 2. The van der Waals surface area contributed by atoms with Crippen molar-refractivity contribution in [1.29, 1.82) is 0 Å². The largest absolute Gasteiger partial charge is 0.419 e. The van der Waals surface area contributed by atoms with E-state index in [1.807, 2.05) is 50.2 Å². The number of oxazole rings is 1. The fraction of sp³-hybridized carbons (Fsp3) is 0.222. The molecule has 0 saturated heterocycles. The van der Waals surface area contributed by atoms with Crippen LogP contribution in [-0.2, 0) is 11.3 Å². The van der Waals surface area contributed by atoms with E-state index in [0.717, 1.165) is 16.8 Å². The lowest BCUT2D eigenvalue weighted by Crippen LogP contribution is -2.19. The van der Waals surface area contributed by atoms with Crippen LogP contribution in [0.5, 0.6) is 0 Å². The lowest BCUT2D eigenvalue weighted by molar-refractivity contribution is -0.116. The van der Waals surface area contributed by atoms with Crippen LogP contribution in [0.2, 0.25) is 0 Å². The SMILES string of the molecule is Cc1cc(C)cc(NC(=O)CCn2c(=O)oc3ccccc32)c1. The molecule has 0 saturated carbocycles. The molecule has 3 rings (SSSR count). The lowest BCUT2D eigenvalue weighted by atomic mass is 10.1. The number of rotatable bonds is 4. The molecule has 1 heterocycles. The van der Waals surface area contributed by atoms with Gasteiger partial charge in [0.1, 0.15) is 0 Å². The van der Waals surface area contributed by atoms with E-state index in [9.17, 15) is 9.59 Å². The fourth-order valence-corrected chi connectivity index (χ4v) is 2.71. The molecule has 1 amide bonds. The molecule has 23 heavy (non-hydrogen) atoms. The monoisotopic (exact) mass is 310 g/mol. The Morgan fingerprint density at radius 1 is 1.13 bits per heavy atom. The molecule has 0 fully saturated rings. The van der Waals surface area contributed by atoms with E-state index in [1.54, 1.807) is 6.07 Å². The Morgan fingerprint density at radius 3 is 2.57 bits per heavy atom. The summed E-state index contributed by atoms with van der Waals surface area (Å²) in [4.78, 5) is 24.0. The van der Waals surface area contributed by atoms with Crippen molar-refractivity contribution in [3.05, 3.63) is 64.1 Å². The molecule has 5 heteroatoms. The van der Waals surface area contributed by atoms with Crippen molar-refractivity contribution in [2.24, 2.45) is 0 Å². The van der Waals surface area contributed by atoms with Crippen LogP contribution in [0.1, 0.15) is 17.5 Å². The van der Waals surface area contributed by atoms with Crippen LogP contribution in [0.15, 0.2) is 51.7 Å². The van der Waals surface area contributed by atoms with E-state index in [4.69, 9.17) is 4.42 Å². The predicted octanol–water partition coefficient (Wildman–Crippen LogP) is 3.24. The summed E-state index contributed by atoms with van der Waals surface area (Å²) in [6.45, 7) is 4.26. The predicted molar refractivity (Wildman–Crippen MR) is 89.6 cm³/mol. The molecule has 0 aliphatic carbocycles. The summed E-state index contributed by atoms with van der Waals surface area (Å²) in [7, 11) is 0. The van der Waals surface area contributed by atoms with Gasteiger partial charge in [0.25, 0.3) is 0 Å². The number of anilines is 1. The van der Waals surface area contributed by atoms with E-state index in [-0.39, 0.29) is 18.9 Å². The summed E-state index contributed by atoms with van der Waals surface area (Å²) in [5.41, 5.74) is 4.20. The van der Waals surface area contributed by atoms with Crippen molar-refractivity contribution in [2.75, 3.05) is 5.32 Å². The minimum Gasteiger partial charge on any atom is -0.408 e. The molecule has 0 unspecified atom stereocenters. The summed E-state index contributed by atoms with van der Waals surface area (Å²) < 4.78 is 6.64. The number of hydrogen-bond donors (Lipinski definition) is 1. The average Bonchev–Trinajstić information content (AvgIpc) is 2.79. The maximum atomic E-state index is 12.1. The van der Waals surface area contributed by atoms with E-state index in [1.165, 1.54) is 4.57 Å². The molecular formula is C18H18N2O3. The third kappa shape index (κ3) is 3.34. The molecule has 0 spiro atoms. The average molecular weight is 310 g/mol. The van der Waals surface area contributed by atoms with Gasteiger partial charge in [-0.25, -0.2) is 4.79 Å². The van der Waals surface area contributed by atoms with Crippen LogP contribution in [-0.4, -0.2) is 10.5 Å². The molecule has 0 radical (unpaired) electrons. The molecule has 2 aromatic carbocycles. The third-order valence-electron chi connectivity index (χ3n) is 3.64. The van der Waals surface area contributed by atoms with Crippen LogP contribution in [0, 0.1) is 13.8 Å². The maximum absolute atomic E-state index is 12.1. The Hall–Kier alpha value is -2.82. The standard InChI is InChI=1S/C18H18N2O3/c1-12-9-13(2)11-14(10-12)19-17(21)7-8-20-15-5-3-4-6-16(15)23-18(20)22/h3-6,9-11H,7-8H2,1-2H3,(H,19,21). The molecule has 0 atom stereocenters. The molecule has 0 aliphatic rings. The Kier molecular flexibility index (Phi) is 4.02. The molecule has 1 N–H and O–H groups in total. The molecule has 3 aromatic rings. The number of nitrogens with one attached hydrogen (secondary N) is 1. The van der Waals surface area contributed by atoms with Gasteiger partial charge in [0.05, 0.1) is 5.52 Å². The van der Waals surface area contributed by atoms with Crippen molar-refractivity contribution in [3.8, 4) is 0 Å². The first kappa shape index (κ1) is 15.1. The van der Waals surface area contributed by atoms with E-state index < -0.39 is 5.76 Å². The number of benzene rings is 2. The van der Waals surface area contributed by atoms with Crippen LogP contribution < -0.4 is 11.1 Å². The zero-order valence-corrected chi connectivity index (χ0v) is 13.1. The highest BCUT2D eigenvalue weighted by Gasteiger charge is 2.10. The summed E-state index contributed by atoms with van der Waals surface area (Å²) in [5.74, 6) is -0.572. The highest BCUT2D eigenvalue weighted by atomic mass is 16.4. The number of carbonyl (C=O) groups is 1. The number of carbonyl (C=O) groups excluding carboxylic acids is 1. The van der Waals surface area contributed by atoms with Gasteiger partial charge in [-0.15, -0.1) is 0 Å². The van der Waals surface area contributed by atoms with Gasteiger partial charge in [-0.05, 0) is 49.2 Å². The Morgan fingerprint density at radius 2 is 1.83 bits per heavy atom. The summed E-state index contributed by atoms with van der Waals surface area (Å²) in [5, 5.41) is 2.87. The zero-order valence-electron chi connectivity index (χ0n) is 13.1. The number of hydrogen-bond acceptors (Lipinski definition) is 3. The minimum atomic E-state index is -0.439. The van der Waals surface area contributed by atoms with Crippen LogP contribution in [0.4, 0.5) is 5.69 Å². The van der Waals surface area contributed by atoms with Gasteiger partial charge < -0.3 is 9.73 Å². The number of fused-ring (bicyclic) bond motifs is 1. The number of aromatic nitrogens is 1. The minimum absolute atomic E-state index is 0.132. The van der Waals surface area contributed by atoms with Gasteiger partial charge in [0, 0.05) is 18.7 Å². The van der Waals surface area contributed by atoms with Crippen LogP contribution in [0.25, 0.3) is 11.1 Å². The van der Waals surface area contributed by atoms with Crippen molar-refractivity contribution in [2.45, 2.75) is 26.8 Å². The van der Waals surface area contributed by atoms with E-state index in [0.29, 0.717) is 11.1 Å². The number of nitrogens with zero attached hydrogens (tertiary/aromatic N) is 1. The van der Waals surface area contributed by atoms with Gasteiger partial charge in [-0.3, -0.25) is 9.36 Å². The molecule has 1 aromatic heterocycles. The first-order valence-corrected chi connectivity index (χ1v) is 7.49. The fourth-order valence-electron chi connectivity index (χ4n) is 2.71. The smallest absolute Gasteiger partial charge is 0.408 e. The molecule has 118 valence electrons.